The molecule has 30 heavy (non-hydrogen) atoms. The first kappa shape index (κ1) is 26.3. The standard InChI is InChI=1S/C19H16O4.C4H8O2.K/c1-12(20)11-15(13-7-3-2-4-8-13)17-18(21)14-9-5-6-10-16(14)23-19(17)22;1-2-3-4(5)6;/h2-10,15,21H,11H2,1H3;2-3H2,1H3,(H,5,6);/q;;+1/p-1. The third-order valence-corrected chi connectivity index (χ3v) is 4.32. The zero-order valence-electron chi connectivity index (χ0n) is 17.4. The molecule has 0 radical (unpaired) electrons. The molecule has 0 aliphatic rings. The number of carbonyl (C=O) groups is 2. The minimum Gasteiger partial charge on any atom is -0.550 e. The van der Waals surface area contributed by atoms with E-state index in [1.165, 1.54) is 6.92 Å². The molecule has 1 aromatic heterocycles. The van der Waals surface area contributed by atoms with Crippen LogP contribution >= 0.6 is 0 Å². The second-order valence-electron chi connectivity index (χ2n) is 6.64. The molecule has 0 fully saturated rings. The van der Waals surface area contributed by atoms with Crippen LogP contribution in [0.4, 0.5) is 0 Å². The number of aromatic hydroxyl groups is 1. The summed E-state index contributed by atoms with van der Waals surface area (Å²) in [5.41, 5.74) is 0.635. The van der Waals surface area contributed by atoms with Crippen molar-refractivity contribution in [3.63, 3.8) is 0 Å². The van der Waals surface area contributed by atoms with Crippen molar-refractivity contribution >= 4 is 22.7 Å². The maximum absolute atomic E-state index is 12.4. The van der Waals surface area contributed by atoms with Gasteiger partial charge in [-0.2, -0.15) is 0 Å². The average molecular weight is 435 g/mol. The Morgan fingerprint density at radius 1 is 1.07 bits per heavy atom. The Morgan fingerprint density at radius 2 is 1.67 bits per heavy atom. The summed E-state index contributed by atoms with van der Waals surface area (Å²) in [6.07, 6.45) is 0.975. The fraction of sp³-hybridized carbons (Fsp3) is 0.261. The van der Waals surface area contributed by atoms with Crippen LogP contribution in [0.15, 0.2) is 63.8 Å². The summed E-state index contributed by atoms with van der Waals surface area (Å²) in [6.45, 7) is 3.27. The van der Waals surface area contributed by atoms with Crippen LogP contribution in [-0.2, 0) is 9.59 Å². The number of carboxylic acids is 1. The maximum atomic E-state index is 12.4. The molecule has 1 heterocycles. The Labute approximate surface area is 217 Å². The van der Waals surface area contributed by atoms with Crippen molar-refractivity contribution in [2.24, 2.45) is 0 Å². The Balaban J connectivity index is 0.000000567. The van der Waals surface area contributed by atoms with Crippen molar-refractivity contribution in [3.8, 4) is 5.75 Å². The predicted molar refractivity (Wildman–Crippen MR) is 108 cm³/mol. The van der Waals surface area contributed by atoms with Crippen molar-refractivity contribution in [1.29, 1.82) is 0 Å². The van der Waals surface area contributed by atoms with E-state index in [2.05, 4.69) is 0 Å². The molecule has 1 N–H and O–H groups in total. The molecule has 2 aromatic carbocycles. The number of carbonyl (C=O) groups excluding carboxylic acids is 2. The van der Waals surface area contributed by atoms with Gasteiger partial charge in [-0.05, 0) is 31.0 Å². The van der Waals surface area contributed by atoms with E-state index in [0.717, 1.165) is 5.56 Å². The number of rotatable bonds is 6. The summed E-state index contributed by atoms with van der Waals surface area (Å²) in [5, 5.41) is 20.6. The smallest absolute Gasteiger partial charge is 0.550 e. The van der Waals surface area contributed by atoms with Gasteiger partial charge in [0.05, 0.1) is 10.9 Å². The average Bonchev–Trinajstić information content (AvgIpc) is 2.68. The van der Waals surface area contributed by atoms with Crippen LogP contribution < -0.4 is 62.1 Å². The van der Waals surface area contributed by atoms with E-state index >= 15 is 0 Å². The Bertz CT molecular complexity index is 1040. The molecule has 152 valence electrons. The SMILES string of the molecule is CC(=O)CC(c1ccccc1)c1c(O)c2ccccc2oc1=O.CCCC(=O)[O-].[K+]. The number of aliphatic carboxylic acids is 1. The normalized spacial score (nSPS) is 11.0. The second-order valence-corrected chi connectivity index (χ2v) is 6.64. The first-order valence-corrected chi connectivity index (χ1v) is 9.34. The van der Waals surface area contributed by atoms with Gasteiger partial charge in [-0.15, -0.1) is 0 Å². The van der Waals surface area contributed by atoms with E-state index < -0.39 is 17.5 Å². The van der Waals surface area contributed by atoms with Gasteiger partial charge in [0.25, 0.3) is 0 Å². The number of Topliss-reactive ketones (excluding diaryl/α,β-unsaturated/α-hetero) is 1. The van der Waals surface area contributed by atoms with Gasteiger partial charge in [-0.1, -0.05) is 55.8 Å². The molecule has 0 aliphatic carbocycles. The molecular weight excluding hydrogens is 411 g/mol. The Kier molecular flexibility index (Phi) is 11.2. The minimum atomic E-state index is -0.961. The van der Waals surface area contributed by atoms with E-state index in [9.17, 15) is 24.6 Å². The molecule has 1 unspecified atom stereocenters. The van der Waals surface area contributed by atoms with Gasteiger partial charge >= 0.3 is 57.0 Å². The molecule has 1 atom stereocenters. The Morgan fingerprint density at radius 3 is 2.20 bits per heavy atom. The van der Waals surface area contributed by atoms with Gasteiger partial charge < -0.3 is 19.4 Å². The fourth-order valence-electron chi connectivity index (χ4n) is 3.02. The molecule has 0 saturated heterocycles. The number of fused-ring (bicyclic) bond motifs is 1. The van der Waals surface area contributed by atoms with Gasteiger partial charge in [0.1, 0.15) is 17.1 Å². The fourth-order valence-corrected chi connectivity index (χ4v) is 3.02. The van der Waals surface area contributed by atoms with Gasteiger partial charge in [0, 0.05) is 18.3 Å². The molecule has 3 rings (SSSR count). The van der Waals surface area contributed by atoms with E-state index in [4.69, 9.17) is 4.42 Å². The maximum Gasteiger partial charge on any atom is 1.00 e. The zero-order chi connectivity index (χ0) is 21.4. The van der Waals surface area contributed by atoms with Crippen LogP contribution in [0, 0.1) is 0 Å². The molecule has 3 aromatic rings. The van der Waals surface area contributed by atoms with Gasteiger partial charge in [-0.25, -0.2) is 4.79 Å². The first-order valence-electron chi connectivity index (χ1n) is 9.34. The molecule has 0 saturated carbocycles. The van der Waals surface area contributed by atoms with Crippen molar-refractivity contribution in [3.05, 3.63) is 76.1 Å². The van der Waals surface area contributed by atoms with Crippen LogP contribution in [0.25, 0.3) is 11.0 Å². The Hall–Kier alpha value is -1.77. The van der Waals surface area contributed by atoms with Gasteiger partial charge in [0.2, 0.25) is 0 Å². The van der Waals surface area contributed by atoms with Crippen LogP contribution in [0.5, 0.6) is 5.75 Å². The molecule has 0 aliphatic heterocycles. The summed E-state index contributed by atoms with van der Waals surface area (Å²) < 4.78 is 5.33. The predicted octanol–water partition coefficient (Wildman–Crippen LogP) is 0.150. The molecule has 6 nitrogen and oxygen atoms in total. The number of para-hydroxylation sites is 1. The van der Waals surface area contributed by atoms with Gasteiger partial charge in [0.15, 0.2) is 0 Å². The number of benzene rings is 2. The monoisotopic (exact) mass is 434 g/mol. The number of carboxylic acid groups (broad SMARTS) is 1. The van der Waals surface area contributed by atoms with Crippen LogP contribution in [0.1, 0.15) is 50.2 Å². The zero-order valence-corrected chi connectivity index (χ0v) is 20.5. The first-order chi connectivity index (χ1) is 13.8. The molecule has 7 heteroatoms. The van der Waals surface area contributed by atoms with Crippen LogP contribution in [-0.4, -0.2) is 16.9 Å². The van der Waals surface area contributed by atoms with E-state index in [1.54, 1.807) is 31.2 Å². The quantitative estimate of drug-likeness (QED) is 0.437. The van der Waals surface area contributed by atoms with Gasteiger partial charge in [-0.3, -0.25) is 4.79 Å². The summed E-state index contributed by atoms with van der Waals surface area (Å²) in [4.78, 5) is 33.6. The van der Waals surface area contributed by atoms with E-state index in [0.29, 0.717) is 17.4 Å². The van der Waals surface area contributed by atoms with Crippen molar-refractivity contribution in [1.82, 2.24) is 0 Å². The molecule has 0 bridgehead atoms. The van der Waals surface area contributed by atoms with Crippen molar-refractivity contribution in [2.75, 3.05) is 0 Å². The van der Waals surface area contributed by atoms with Crippen LogP contribution in [0.2, 0.25) is 0 Å². The summed E-state index contributed by atoms with van der Waals surface area (Å²) in [5.74, 6) is -1.68. The summed E-state index contributed by atoms with van der Waals surface area (Å²) in [6, 6.07) is 16.0. The van der Waals surface area contributed by atoms with Crippen LogP contribution in [0.3, 0.4) is 0 Å². The summed E-state index contributed by atoms with van der Waals surface area (Å²) >= 11 is 0. The number of hydrogen-bond acceptors (Lipinski definition) is 6. The van der Waals surface area contributed by atoms with E-state index in [1.807, 2.05) is 30.3 Å². The molecule has 0 amide bonds. The summed E-state index contributed by atoms with van der Waals surface area (Å²) in [7, 11) is 0. The topological polar surface area (TPSA) is 108 Å². The molecular formula is C23H23KO6. The number of ketones is 1. The van der Waals surface area contributed by atoms with Crippen molar-refractivity contribution in [2.45, 2.75) is 39.0 Å². The number of hydrogen-bond donors (Lipinski definition) is 1. The van der Waals surface area contributed by atoms with E-state index in [-0.39, 0.29) is 81.3 Å². The van der Waals surface area contributed by atoms with Crippen molar-refractivity contribution < 1.29 is 75.6 Å². The molecule has 0 spiro atoms. The largest absolute Gasteiger partial charge is 1.00 e. The third-order valence-electron chi connectivity index (χ3n) is 4.32. The second kappa shape index (κ2) is 12.8. The third kappa shape index (κ3) is 7.18. The minimum absolute atomic E-state index is 0.